The Hall–Kier alpha value is -1.97. The van der Waals surface area contributed by atoms with Crippen LogP contribution in [-0.2, 0) is 0 Å². The maximum Gasteiger partial charge on any atom is 0.257 e. The average molecular weight is 393 g/mol. The molecule has 130 valence electrons. The first-order chi connectivity index (χ1) is 12.0. The van der Waals surface area contributed by atoms with Crippen molar-refractivity contribution in [1.29, 1.82) is 0 Å². The number of aromatic nitrogens is 3. The predicted octanol–water partition coefficient (Wildman–Crippen LogP) is 4.49. The lowest BCUT2D eigenvalue weighted by atomic mass is 10.2. The molecule has 9 heteroatoms. The van der Waals surface area contributed by atoms with Crippen molar-refractivity contribution in [3.8, 4) is 5.75 Å². The lowest BCUT2D eigenvalue weighted by molar-refractivity contribution is 0.102. The summed E-state index contributed by atoms with van der Waals surface area (Å²) >= 11 is 4.35. The van der Waals surface area contributed by atoms with E-state index in [9.17, 15) is 4.79 Å². The summed E-state index contributed by atoms with van der Waals surface area (Å²) in [6, 6.07) is 5.46. The van der Waals surface area contributed by atoms with Gasteiger partial charge >= 0.3 is 0 Å². The Bertz CT molecular complexity index is 862. The summed E-state index contributed by atoms with van der Waals surface area (Å²) in [5.41, 5.74) is 0.511. The van der Waals surface area contributed by atoms with Gasteiger partial charge in [0, 0.05) is 22.0 Å². The molecule has 0 saturated heterocycles. The number of aryl methyl sites for hydroxylation is 1. The number of rotatable bonds is 6. The minimum absolute atomic E-state index is 0.0129. The van der Waals surface area contributed by atoms with Gasteiger partial charge in [0.2, 0.25) is 0 Å². The van der Waals surface area contributed by atoms with E-state index in [2.05, 4.69) is 20.5 Å². The molecule has 1 aromatic carbocycles. The number of thiazole rings is 1. The summed E-state index contributed by atoms with van der Waals surface area (Å²) in [7, 11) is 0. The Balaban J connectivity index is 1.87. The van der Waals surface area contributed by atoms with Crippen LogP contribution in [-0.4, -0.2) is 27.2 Å². The minimum atomic E-state index is -0.223. The number of amides is 1. The normalized spacial score (nSPS) is 10.9. The Labute approximate surface area is 157 Å². The van der Waals surface area contributed by atoms with Gasteiger partial charge in [-0.05, 0) is 39.0 Å². The number of nitrogens with one attached hydrogen (secondary N) is 1. The van der Waals surface area contributed by atoms with Crippen molar-refractivity contribution in [3.05, 3.63) is 40.3 Å². The van der Waals surface area contributed by atoms with Crippen LogP contribution in [0.4, 0.5) is 5.13 Å². The van der Waals surface area contributed by atoms with Crippen LogP contribution in [0.1, 0.15) is 29.2 Å². The van der Waals surface area contributed by atoms with Crippen LogP contribution in [0, 0.1) is 6.92 Å². The van der Waals surface area contributed by atoms with E-state index >= 15 is 0 Å². The van der Waals surface area contributed by atoms with Gasteiger partial charge in [-0.2, -0.15) is 0 Å². The van der Waals surface area contributed by atoms with E-state index in [1.165, 1.54) is 34.4 Å². The van der Waals surface area contributed by atoms with Crippen LogP contribution < -0.4 is 10.1 Å². The Kier molecular flexibility index (Phi) is 5.67. The molecule has 0 radical (unpaired) electrons. The van der Waals surface area contributed by atoms with Gasteiger partial charge in [-0.25, -0.2) is 4.98 Å². The number of hydrogen-bond donors (Lipinski definition) is 1. The van der Waals surface area contributed by atoms with E-state index in [0.29, 0.717) is 16.4 Å². The molecular weight excluding hydrogens is 376 g/mol. The molecular formula is C16H16N4O2S3. The van der Waals surface area contributed by atoms with Crippen molar-refractivity contribution in [2.75, 3.05) is 5.32 Å². The third-order valence-electron chi connectivity index (χ3n) is 2.88. The highest BCUT2D eigenvalue weighted by Crippen LogP contribution is 2.33. The lowest BCUT2D eigenvalue weighted by Gasteiger charge is -2.12. The zero-order chi connectivity index (χ0) is 17.8. The average Bonchev–Trinajstić information content (AvgIpc) is 3.18. The Morgan fingerprint density at radius 1 is 1.28 bits per heavy atom. The quantitative estimate of drug-likeness (QED) is 0.666. The first kappa shape index (κ1) is 17.8. The Morgan fingerprint density at radius 2 is 2.12 bits per heavy atom. The summed E-state index contributed by atoms with van der Waals surface area (Å²) in [5, 5.41) is 14.2. The van der Waals surface area contributed by atoms with Crippen LogP contribution >= 0.6 is 34.4 Å². The topological polar surface area (TPSA) is 77.0 Å². The van der Waals surface area contributed by atoms with Crippen LogP contribution in [0.25, 0.3) is 0 Å². The smallest absolute Gasteiger partial charge is 0.257 e. The van der Waals surface area contributed by atoms with Crippen LogP contribution in [0.5, 0.6) is 5.75 Å². The predicted molar refractivity (Wildman–Crippen MR) is 101 cm³/mol. The van der Waals surface area contributed by atoms with Gasteiger partial charge < -0.3 is 4.74 Å². The molecule has 0 atom stereocenters. The molecule has 3 rings (SSSR count). The van der Waals surface area contributed by atoms with Gasteiger partial charge in [-0.15, -0.1) is 21.5 Å². The summed E-state index contributed by atoms with van der Waals surface area (Å²) < 4.78 is 6.61. The summed E-state index contributed by atoms with van der Waals surface area (Å²) in [4.78, 5) is 17.5. The highest BCUT2D eigenvalue weighted by molar-refractivity contribution is 8.01. The van der Waals surface area contributed by atoms with Crippen LogP contribution in [0.2, 0.25) is 0 Å². The van der Waals surface area contributed by atoms with E-state index in [1.54, 1.807) is 12.3 Å². The molecule has 0 aliphatic rings. The molecule has 3 aromatic rings. The van der Waals surface area contributed by atoms with E-state index in [-0.39, 0.29) is 12.0 Å². The lowest BCUT2D eigenvalue weighted by Crippen LogP contribution is -2.13. The molecule has 0 spiro atoms. The molecule has 0 unspecified atom stereocenters. The third kappa shape index (κ3) is 5.00. The fourth-order valence-corrected chi connectivity index (χ4v) is 4.38. The van der Waals surface area contributed by atoms with Gasteiger partial charge in [-0.3, -0.25) is 10.1 Å². The SMILES string of the molecule is Cc1nnc(Sc2cc(OC(C)C)cc(C(=O)Nc3nccs3)c2)s1. The highest BCUT2D eigenvalue weighted by Gasteiger charge is 2.13. The standard InChI is InChI=1S/C16H16N4O2S3/c1-9(2)22-12-6-11(14(21)18-15-17-4-5-23-15)7-13(8-12)25-16-20-19-10(3)24-16/h4-9H,1-3H3,(H,17,18,21). The third-order valence-corrected chi connectivity index (χ3v) is 5.43. The molecule has 2 aromatic heterocycles. The highest BCUT2D eigenvalue weighted by atomic mass is 32.2. The summed E-state index contributed by atoms with van der Waals surface area (Å²) in [6.45, 7) is 5.80. The number of benzene rings is 1. The zero-order valence-electron chi connectivity index (χ0n) is 13.8. The second-order valence-corrected chi connectivity index (χ2v) is 8.74. The van der Waals surface area contributed by atoms with Gasteiger partial charge in [0.1, 0.15) is 10.8 Å². The van der Waals surface area contributed by atoms with E-state index in [0.717, 1.165) is 14.2 Å². The minimum Gasteiger partial charge on any atom is -0.491 e. The van der Waals surface area contributed by atoms with Crippen molar-refractivity contribution in [2.45, 2.75) is 36.1 Å². The van der Waals surface area contributed by atoms with Gasteiger partial charge in [0.15, 0.2) is 9.47 Å². The number of hydrogen-bond acceptors (Lipinski definition) is 8. The fraction of sp³-hybridized carbons (Fsp3) is 0.250. The number of carbonyl (C=O) groups excluding carboxylic acids is 1. The van der Waals surface area contributed by atoms with Gasteiger partial charge in [-0.1, -0.05) is 23.1 Å². The molecule has 0 aliphatic carbocycles. The Morgan fingerprint density at radius 3 is 2.76 bits per heavy atom. The first-order valence-corrected chi connectivity index (χ1v) is 10.0. The fourth-order valence-electron chi connectivity index (χ4n) is 1.98. The number of anilines is 1. The molecule has 0 saturated carbocycles. The number of carbonyl (C=O) groups is 1. The molecule has 0 aliphatic heterocycles. The van der Waals surface area contributed by atoms with Crippen LogP contribution in [0.3, 0.4) is 0 Å². The molecule has 0 fully saturated rings. The monoisotopic (exact) mass is 392 g/mol. The molecule has 1 N–H and O–H groups in total. The summed E-state index contributed by atoms with van der Waals surface area (Å²) in [5.74, 6) is 0.421. The number of nitrogens with zero attached hydrogens (tertiary/aromatic N) is 3. The van der Waals surface area contributed by atoms with Crippen LogP contribution in [0.15, 0.2) is 39.0 Å². The van der Waals surface area contributed by atoms with Gasteiger partial charge in [0.25, 0.3) is 5.91 Å². The van der Waals surface area contributed by atoms with Crippen molar-refractivity contribution >= 4 is 45.5 Å². The van der Waals surface area contributed by atoms with Gasteiger partial charge in [0.05, 0.1) is 6.10 Å². The summed E-state index contributed by atoms with van der Waals surface area (Å²) in [6.07, 6.45) is 1.66. The van der Waals surface area contributed by atoms with Crippen molar-refractivity contribution in [3.63, 3.8) is 0 Å². The molecule has 25 heavy (non-hydrogen) atoms. The molecule has 0 bridgehead atoms. The van der Waals surface area contributed by atoms with Crippen molar-refractivity contribution < 1.29 is 9.53 Å². The second kappa shape index (κ2) is 7.94. The molecule has 2 heterocycles. The maximum atomic E-state index is 12.5. The zero-order valence-corrected chi connectivity index (χ0v) is 16.3. The first-order valence-electron chi connectivity index (χ1n) is 7.50. The van der Waals surface area contributed by atoms with E-state index in [1.807, 2.05) is 38.3 Å². The largest absolute Gasteiger partial charge is 0.491 e. The molecule has 6 nitrogen and oxygen atoms in total. The molecule has 1 amide bonds. The maximum absolute atomic E-state index is 12.5. The van der Waals surface area contributed by atoms with Crippen molar-refractivity contribution in [2.24, 2.45) is 0 Å². The van der Waals surface area contributed by atoms with E-state index < -0.39 is 0 Å². The van der Waals surface area contributed by atoms with Crippen molar-refractivity contribution in [1.82, 2.24) is 15.2 Å². The number of ether oxygens (including phenoxy) is 1. The van der Waals surface area contributed by atoms with E-state index in [4.69, 9.17) is 4.74 Å². The second-order valence-electron chi connectivity index (χ2n) is 5.34.